The highest BCUT2D eigenvalue weighted by Crippen LogP contribution is 2.04. The van der Waals surface area contributed by atoms with Gasteiger partial charge in [0.05, 0.1) is 5.54 Å². The Morgan fingerprint density at radius 1 is 1.40 bits per heavy atom. The molecule has 0 aromatic carbocycles. The predicted octanol–water partition coefficient (Wildman–Crippen LogP) is 0.354. The minimum absolute atomic E-state index is 0.300. The first-order valence-corrected chi connectivity index (χ1v) is 5.07. The van der Waals surface area contributed by atoms with E-state index in [4.69, 9.17) is 5.11 Å². The summed E-state index contributed by atoms with van der Waals surface area (Å²) in [4.78, 5) is 22.5. The van der Waals surface area contributed by atoms with E-state index in [9.17, 15) is 9.59 Å². The molecule has 1 amide bonds. The van der Waals surface area contributed by atoms with Crippen LogP contribution in [0.1, 0.15) is 33.6 Å². The maximum absolute atomic E-state index is 11.6. The van der Waals surface area contributed by atoms with Crippen LogP contribution in [0.3, 0.4) is 0 Å². The summed E-state index contributed by atoms with van der Waals surface area (Å²) in [6, 6.07) is -0.796. The Morgan fingerprint density at radius 2 is 1.93 bits per heavy atom. The van der Waals surface area contributed by atoms with Crippen molar-refractivity contribution in [3.05, 3.63) is 0 Å². The van der Waals surface area contributed by atoms with Crippen LogP contribution in [-0.4, -0.2) is 35.6 Å². The lowest BCUT2D eigenvalue weighted by atomic mass is 10.0. The van der Waals surface area contributed by atoms with Crippen LogP contribution in [0.5, 0.6) is 0 Å². The van der Waals surface area contributed by atoms with Gasteiger partial charge in [-0.15, -0.1) is 0 Å². The Bertz CT molecular complexity index is 239. The Labute approximate surface area is 90.2 Å². The van der Waals surface area contributed by atoms with Crippen molar-refractivity contribution >= 4 is 11.9 Å². The molecule has 0 aromatic heterocycles. The summed E-state index contributed by atoms with van der Waals surface area (Å²) in [6.45, 7) is 5.28. The van der Waals surface area contributed by atoms with E-state index >= 15 is 0 Å². The van der Waals surface area contributed by atoms with Crippen LogP contribution in [-0.2, 0) is 9.59 Å². The minimum Gasteiger partial charge on any atom is -0.480 e. The maximum Gasteiger partial charge on any atom is 0.326 e. The van der Waals surface area contributed by atoms with Gasteiger partial charge in [0.25, 0.3) is 0 Å². The largest absolute Gasteiger partial charge is 0.480 e. The van der Waals surface area contributed by atoms with E-state index in [0.29, 0.717) is 6.42 Å². The molecular weight excluding hydrogens is 196 g/mol. The summed E-state index contributed by atoms with van der Waals surface area (Å²) in [5.74, 6) is -1.29. The van der Waals surface area contributed by atoms with Crippen molar-refractivity contribution in [1.29, 1.82) is 0 Å². The standard InChI is InChI=1S/C10H20N2O3/c1-5-6-7(8(13)14)12-9(15)10(2,3)11-4/h7,11H,5-6H2,1-4H3,(H,12,15)(H,13,14)/t7-/m0/s1. The number of likely N-dealkylation sites (N-methyl/N-ethyl adjacent to an activating group) is 1. The molecule has 0 aliphatic carbocycles. The van der Waals surface area contributed by atoms with Gasteiger partial charge in [-0.1, -0.05) is 13.3 Å². The van der Waals surface area contributed by atoms with Crippen LogP contribution in [0.15, 0.2) is 0 Å². The first-order chi connectivity index (χ1) is 6.85. The first-order valence-electron chi connectivity index (χ1n) is 5.07. The summed E-state index contributed by atoms with van der Waals surface area (Å²) < 4.78 is 0. The van der Waals surface area contributed by atoms with Crippen molar-refractivity contribution in [3.63, 3.8) is 0 Å². The fraction of sp³-hybridized carbons (Fsp3) is 0.800. The summed E-state index contributed by atoms with van der Waals surface area (Å²) in [5, 5.41) is 14.2. The molecule has 0 heterocycles. The van der Waals surface area contributed by atoms with Crippen LogP contribution in [0, 0.1) is 0 Å². The summed E-state index contributed by atoms with van der Waals surface area (Å²) in [6.07, 6.45) is 1.16. The molecule has 3 N–H and O–H groups in total. The second kappa shape index (κ2) is 5.70. The van der Waals surface area contributed by atoms with Crippen molar-refractivity contribution in [1.82, 2.24) is 10.6 Å². The molecule has 0 saturated carbocycles. The lowest BCUT2D eigenvalue weighted by Gasteiger charge is -2.25. The molecule has 0 saturated heterocycles. The lowest BCUT2D eigenvalue weighted by Crippen LogP contribution is -2.55. The normalized spacial score (nSPS) is 13.3. The van der Waals surface area contributed by atoms with Gasteiger partial charge in [-0.3, -0.25) is 4.79 Å². The second-order valence-corrected chi connectivity index (χ2v) is 4.03. The molecule has 0 aromatic rings. The fourth-order valence-corrected chi connectivity index (χ4v) is 0.998. The zero-order valence-electron chi connectivity index (χ0n) is 9.76. The van der Waals surface area contributed by atoms with E-state index in [1.165, 1.54) is 0 Å². The summed E-state index contributed by atoms with van der Waals surface area (Å²) >= 11 is 0. The zero-order valence-corrected chi connectivity index (χ0v) is 9.76. The number of hydrogen-bond donors (Lipinski definition) is 3. The van der Waals surface area contributed by atoms with Gasteiger partial charge in [-0.25, -0.2) is 4.79 Å². The van der Waals surface area contributed by atoms with Crippen LogP contribution in [0.2, 0.25) is 0 Å². The van der Waals surface area contributed by atoms with Gasteiger partial charge in [-0.05, 0) is 27.3 Å². The number of rotatable bonds is 6. The van der Waals surface area contributed by atoms with E-state index in [2.05, 4.69) is 10.6 Å². The molecule has 15 heavy (non-hydrogen) atoms. The quantitative estimate of drug-likeness (QED) is 0.599. The number of carbonyl (C=O) groups is 2. The smallest absolute Gasteiger partial charge is 0.326 e. The van der Waals surface area contributed by atoms with Gasteiger partial charge >= 0.3 is 5.97 Å². The van der Waals surface area contributed by atoms with E-state index in [1.54, 1.807) is 20.9 Å². The molecule has 0 radical (unpaired) electrons. The third-order valence-corrected chi connectivity index (χ3v) is 2.37. The van der Waals surface area contributed by atoms with Crippen LogP contribution in [0.4, 0.5) is 0 Å². The molecule has 0 bridgehead atoms. The Hall–Kier alpha value is -1.10. The van der Waals surface area contributed by atoms with Gasteiger partial charge in [0.1, 0.15) is 6.04 Å². The molecule has 5 nitrogen and oxygen atoms in total. The SMILES string of the molecule is CCC[C@H](NC(=O)C(C)(C)NC)C(=O)O. The van der Waals surface area contributed by atoms with Crippen molar-refractivity contribution in [3.8, 4) is 0 Å². The van der Waals surface area contributed by atoms with Crippen molar-refractivity contribution in [2.75, 3.05) is 7.05 Å². The third-order valence-electron chi connectivity index (χ3n) is 2.37. The maximum atomic E-state index is 11.6. The average molecular weight is 216 g/mol. The number of carboxylic acids is 1. The highest BCUT2D eigenvalue weighted by molar-refractivity contribution is 5.89. The molecule has 1 atom stereocenters. The number of aliphatic carboxylic acids is 1. The molecule has 0 rings (SSSR count). The van der Waals surface area contributed by atoms with E-state index in [1.807, 2.05) is 6.92 Å². The Kier molecular flexibility index (Phi) is 5.28. The number of carboxylic acid groups (broad SMARTS) is 1. The zero-order chi connectivity index (χ0) is 12.1. The van der Waals surface area contributed by atoms with E-state index in [-0.39, 0.29) is 5.91 Å². The van der Waals surface area contributed by atoms with Crippen molar-refractivity contribution in [2.24, 2.45) is 0 Å². The van der Waals surface area contributed by atoms with Crippen LogP contribution < -0.4 is 10.6 Å². The van der Waals surface area contributed by atoms with Gasteiger partial charge < -0.3 is 15.7 Å². The Balaban J connectivity index is 4.41. The van der Waals surface area contributed by atoms with Gasteiger partial charge in [0.15, 0.2) is 0 Å². The molecule has 0 aliphatic heterocycles. The predicted molar refractivity (Wildman–Crippen MR) is 57.6 cm³/mol. The summed E-state index contributed by atoms with van der Waals surface area (Å²) in [5.41, 5.74) is -0.749. The fourth-order valence-electron chi connectivity index (χ4n) is 0.998. The van der Waals surface area contributed by atoms with Gasteiger partial charge in [-0.2, -0.15) is 0 Å². The molecule has 88 valence electrons. The highest BCUT2D eigenvalue weighted by atomic mass is 16.4. The molecule has 5 heteroatoms. The first kappa shape index (κ1) is 13.9. The Morgan fingerprint density at radius 3 is 2.27 bits per heavy atom. The second-order valence-electron chi connectivity index (χ2n) is 4.03. The molecular formula is C10H20N2O3. The van der Waals surface area contributed by atoms with Crippen molar-refractivity contribution < 1.29 is 14.7 Å². The molecule has 0 spiro atoms. The monoisotopic (exact) mass is 216 g/mol. The minimum atomic E-state index is -0.989. The molecule has 0 unspecified atom stereocenters. The molecule has 0 fully saturated rings. The highest BCUT2D eigenvalue weighted by Gasteiger charge is 2.29. The topological polar surface area (TPSA) is 78.4 Å². The van der Waals surface area contributed by atoms with Crippen LogP contribution >= 0.6 is 0 Å². The van der Waals surface area contributed by atoms with Crippen LogP contribution in [0.25, 0.3) is 0 Å². The average Bonchev–Trinajstić information content (AvgIpc) is 2.16. The van der Waals surface area contributed by atoms with E-state index in [0.717, 1.165) is 6.42 Å². The lowest BCUT2D eigenvalue weighted by molar-refractivity contribution is -0.142. The summed E-state index contributed by atoms with van der Waals surface area (Å²) in [7, 11) is 1.66. The number of hydrogen-bond acceptors (Lipinski definition) is 3. The third kappa shape index (κ3) is 4.29. The van der Waals surface area contributed by atoms with E-state index < -0.39 is 17.6 Å². The number of nitrogens with one attached hydrogen (secondary N) is 2. The van der Waals surface area contributed by atoms with Gasteiger partial charge in [0.2, 0.25) is 5.91 Å². The molecule has 0 aliphatic rings. The van der Waals surface area contributed by atoms with Crippen molar-refractivity contribution in [2.45, 2.75) is 45.2 Å². The number of amides is 1. The van der Waals surface area contributed by atoms with Gasteiger partial charge in [0, 0.05) is 0 Å². The number of carbonyl (C=O) groups excluding carboxylic acids is 1.